The molecule has 0 spiro atoms. The molecule has 3 rings (SSSR count). The third kappa shape index (κ3) is 1.79. The first kappa shape index (κ1) is 10.3. The number of benzene rings is 1. The van der Waals surface area contributed by atoms with Gasteiger partial charge < -0.3 is 5.73 Å². The van der Waals surface area contributed by atoms with E-state index in [2.05, 4.69) is 5.10 Å². The van der Waals surface area contributed by atoms with Gasteiger partial charge in [-0.25, -0.2) is 4.39 Å². The second-order valence-electron chi connectivity index (χ2n) is 4.63. The summed E-state index contributed by atoms with van der Waals surface area (Å²) in [7, 11) is 0. The van der Waals surface area contributed by atoms with Crippen LogP contribution >= 0.6 is 0 Å². The Morgan fingerprint density at radius 2 is 2.18 bits per heavy atom. The largest absolute Gasteiger partial charge is 0.396 e. The highest BCUT2D eigenvalue weighted by molar-refractivity contribution is 5.70. The van der Waals surface area contributed by atoms with Crippen molar-refractivity contribution in [3.63, 3.8) is 0 Å². The van der Waals surface area contributed by atoms with Crippen molar-refractivity contribution in [1.29, 1.82) is 0 Å². The second kappa shape index (κ2) is 3.58. The number of nitrogens with two attached hydrogens (primary N) is 1. The van der Waals surface area contributed by atoms with Gasteiger partial charge in [0.25, 0.3) is 0 Å². The first-order chi connectivity index (χ1) is 8.15. The smallest absolute Gasteiger partial charge is 0.146 e. The zero-order valence-corrected chi connectivity index (χ0v) is 9.65. The van der Waals surface area contributed by atoms with Crippen molar-refractivity contribution in [1.82, 2.24) is 9.78 Å². The van der Waals surface area contributed by atoms with Gasteiger partial charge in [0.05, 0.1) is 17.9 Å². The molecular weight excluding hydrogens is 217 g/mol. The van der Waals surface area contributed by atoms with Crippen LogP contribution in [0, 0.1) is 12.7 Å². The third-order valence-electron chi connectivity index (χ3n) is 3.18. The maximum absolute atomic E-state index is 13.3. The molecule has 1 aliphatic rings. The number of aryl methyl sites for hydroxylation is 1. The summed E-state index contributed by atoms with van der Waals surface area (Å²) in [5.41, 5.74) is 8.63. The molecule has 1 aliphatic carbocycles. The van der Waals surface area contributed by atoms with E-state index in [0.717, 1.165) is 16.7 Å². The van der Waals surface area contributed by atoms with E-state index >= 15 is 0 Å². The van der Waals surface area contributed by atoms with Crippen molar-refractivity contribution in [2.45, 2.75) is 25.8 Å². The Labute approximate surface area is 99.1 Å². The lowest BCUT2D eigenvalue weighted by Gasteiger charge is -2.05. The van der Waals surface area contributed by atoms with E-state index in [4.69, 9.17) is 5.73 Å². The number of nitrogens with zero attached hydrogens (tertiary/aromatic N) is 2. The minimum Gasteiger partial charge on any atom is -0.396 e. The van der Waals surface area contributed by atoms with Crippen molar-refractivity contribution in [3.8, 4) is 11.1 Å². The molecule has 1 aromatic heterocycles. The highest BCUT2D eigenvalue weighted by atomic mass is 19.1. The first-order valence-electron chi connectivity index (χ1n) is 5.75. The average molecular weight is 231 g/mol. The third-order valence-corrected chi connectivity index (χ3v) is 3.18. The van der Waals surface area contributed by atoms with E-state index < -0.39 is 0 Å². The summed E-state index contributed by atoms with van der Waals surface area (Å²) >= 11 is 0. The molecule has 0 amide bonds. The Balaban J connectivity index is 2.04. The molecule has 88 valence electrons. The van der Waals surface area contributed by atoms with E-state index in [1.54, 1.807) is 6.07 Å². The van der Waals surface area contributed by atoms with Crippen LogP contribution in [-0.2, 0) is 0 Å². The van der Waals surface area contributed by atoms with Gasteiger partial charge in [0.1, 0.15) is 5.82 Å². The second-order valence-corrected chi connectivity index (χ2v) is 4.63. The van der Waals surface area contributed by atoms with E-state index in [9.17, 15) is 4.39 Å². The van der Waals surface area contributed by atoms with Gasteiger partial charge in [0.15, 0.2) is 0 Å². The van der Waals surface area contributed by atoms with Crippen LogP contribution < -0.4 is 5.73 Å². The molecule has 0 saturated heterocycles. The molecule has 17 heavy (non-hydrogen) atoms. The molecule has 0 bridgehead atoms. The molecular formula is C13H14FN3. The van der Waals surface area contributed by atoms with Crippen LogP contribution in [0.5, 0.6) is 0 Å². The van der Waals surface area contributed by atoms with Crippen LogP contribution in [-0.4, -0.2) is 9.78 Å². The molecule has 0 unspecified atom stereocenters. The summed E-state index contributed by atoms with van der Waals surface area (Å²) in [6.45, 7) is 1.88. The molecule has 0 radical (unpaired) electrons. The van der Waals surface area contributed by atoms with Gasteiger partial charge in [-0.1, -0.05) is 0 Å². The van der Waals surface area contributed by atoms with Crippen molar-refractivity contribution in [2.24, 2.45) is 0 Å². The van der Waals surface area contributed by atoms with Gasteiger partial charge in [-0.15, -0.1) is 0 Å². The van der Waals surface area contributed by atoms with Crippen LogP contribution in [0.3, 0.4) is 0 Å². The highest BCUT2D eigenvalue weighted by Gasteiger charge is 2.24. The van der Waals surface area contributed by atoms with Crippen LogP contribution in [0.25, 0.3) is 11.1 Å². The molecule has 1 heterocycles. The SMILES string of the molecule is Cc1cc(F)c(N)cc1-c1cnn(C2CC2)c1. The summed E-state index contributed by atoms with van der Waals surface area (Å²) in [5, 5.41) is 4.33. The lowest BCUT2D eigenvalue weighted by molar-refractivity contribution is 0.631. The van der Waals surface area contributed by atoms with Crippen LogP contribution in [0.15, 0.2) is 24.5 Å². The lowest BCUT2D eigenvalue weighted by atomic mass is 10.0. The quantitative estimate of drug-likeness (QED) is 0.807. The highest BCUT2D eigenvalue weighted by Crippen LogP contribution is 2.36. The molecule has 1 aromatic carbocycles. The fourth-order valence-electron chi connectivity index (χ4n) is 2.02. The summed E-state index contributed by atoms with van der Waals surface area (Å²) in [6.07, 6.45) is 6.23. The van der Waals surface area contributed by atoms with E-state index in [1.165, 1.54) is 18.9 Å². The van der Waals surface area contributed by atoms with E-state index in [1.807, 2.05) is 24.0 Å². The fourth-order valence-corrected chi connectivity index (χ4v) is 2.02. The Morgan fingerprint density at radius 1 is 1.41 bits per heavy atom. The van der Waals surface area contributed by atoms with Crippen LogP contribution in [0.4, 0.5) is 10.1 Å². The van der Waals surface area contributed by atoms with Gasteiger partial charge in [-0.2, -0.15) is 5.10 Å². The number of hydrogen-bond donors (Lipinski definition) is 1. The monoisotopic (exact) mass is 231 g/mol. The molecule has 4 heteroatoms. The van der Waals surface area contributed by atoms with Crippen LogP contribution in [0.2, 0.25) is 0 Å². The Hall–Kier alpha value is -1.84. The zero-order chi connectivity index (χ0) is 12.0. The van der Waals surface area contributed by atoms with Gasteiger partial charge in [-0.05, 0) is 43.0 Å². The number of aromatic nitrogens is 2. The molecule has 1 fully saturated rings. The van der Waals surface area contributed by atoms with Gasteiger partial charge in [0.2, 0.25) is 0 Å². The summed E-state index contributed by atoms with van der Waals surface area (Å²) in [5.74, 6) is -0.360. The van der Waals surface area contributed by atoms with Crippen molar-refractivity contribution >= 4 is 5.69 Å². The Morgan fingerprint density at radius 3 is 2.88 bits per heavy atom. The maximum Gasteiger partial charge on any atom is 0.146 e. The lowest BCUT2D eigenvalue weighted by Crippen LogP contribution is -1.94. The minimum atomic E-state index is -0.360. The topological polar surface area (TPSA) is 43.8 Å². The van der Waals surface area contributed by atoms with E-state index in [0.29, 0.717) is 6.04 Å². The normalized spacial score (nSPS) is 15.2. The van der Waals surface area contributed by atoms with Gasteiger partial charge in [-0.3, -0.25) is 4.68 Å². The number of halogens is 1. The Bertz CT molecular complexity index is 570. The average Bonchev–Trinajstić information content (AvgIpc) is 3.03. The predicted octanol–water partition coefficient (Wildman–Crippen LogP) is 2.91. The fraction of sp³-hybridized carbons (Fsp3) is 0.308. The number of rotatable bonds is 2. The van der Waals surface area contributed by atoms with Crippen molar-refractivity contribution < 1.29 is 4.39 Å². The number of nitrogen functional groups attached to an aromatic ring is 1. The van der Waals surface area contributed by atoms with E-state index in [-0.39, 0.29) is 11.5 Å². The van der Waals surface area contributed by atoms with Gasteiger partial charge >= 0.3 is 0 Å². The summed E-state index contributed by atoms with van der Waals surface area (Å²) in [6, 6.07) is 3.71. The van der Waals surface area contributed by atoms with Crippen LogP contribution in [0.1, 0.15) is 24.4 Å². The molecule has 0 atom stereocenters. The van der Waals surface area contributed by atoms with Crippen molar-refractivity contribution in [3.05, 3.63) is 35.9 Å². The molecule has 2 N–H and O–H groups in total. The molecule has 2 aromatic rings. The standard InChI is InChI=1S/C13H14FN3/c1-8-4-12(14)13(15)5-11(8)9-6-16-17(7-9)10-2-3-10/h4-7,10H,2-3,15H2,1H3. The molecule has 1 saturated carbocycles. The minimum absolute atomic E-state index is 0.185. The summed E-state index contributed by atoms with van der Waals surface area (Å²) in [4.78, 5) is 0. The first-order valence-corrected chi connectivity index (χ1v) is 5.75. The van der Waals surface area contributed by atoms with Gasteiger partial charge in [0, 0.05) is 11.8 Å². The Kier molecular flexibility index (Phi) is 2.18. The number of anilines is 1. The predicted molar refractivity (Wildman–Crippen MR) is 65.0 cm³/mol. The molecule has 0 aliphatic heterocycles. The summed E-state index contributed by atoms with van der Waals surface area (Å²) < 4.78 is 15.3. The molecule has 3 nitrogen and oxygen atoms in total. The zero-order valence-electron chi connectivity index (χ0n) is 9.65. The maximum atomic E-state index is 13.3. The van der Waals surface area contributed by atoms with Crippen molar-refractivity contribution in [2.75, 3.05) is 5.73 Å². The number of hydrogen-bond acceptors (Lipinski definition) is 2.